The third kappa shape index (κ3) is 3.57. The minimum atomic E-state index is -0.0201. The van der Waals surface area contributed by atoms with E-state index in [0.29, 0.717) is 0 Å². The molecule has 0 saturated carbocycles. The lowest BCUT2D eigenvalue weighted by Crippen LogP contribution is -2.46. The van der Waals surface area contributed by atoms with Crippen molar-refractivity contribution in [2.45, 2.75) is 13.8 Å². The van der Waals surface area contributed by atoms with Gasteiger partial charge in [0.05, 0.1) is 16.3 Å². The van der Waals surface area contributed by atoms with Gasteiger partial charge < -0.3 is 15.1 Å². The van der Waals surface area contributed by atoms with Gasteiger partial charge in [0.2, 0.25) is 0 Å². The lowest BCUT2D eigenvalue weighted by Gasteiger charge is -2.36. The van der Waals surface area contributed by atoms with Crippen molar-refractivity contribution >= 4 is 38.7 Å². The van der Waals surface area contributed by atoms with Gasteiger partial charge in [0.15, 0.2) is 0 Å². The van der Waals surface area contributed by atoms with E-state index in [0.717, 1.165) is 64.6 Å². The second-order valence-electron chi connectivity index (χ2n) is 6.94. The Hall–Kier alpha value is -2.37. The van der Waals surface area contributed by atoms with Gasteiger partial charge in [-0.1, -0.05) is 37.3 Å². The van der Waals surface area contributed by atoms with Crippen LogP contribution in [-0.2, 0) is 0 Å². The molecular formula is C22H25N3OS. The molecule has 27 heavy (non-hydrogen) atoms. The molecule has 1 amide bonds. The highest BCUT2D eigenvalue weighted by atomic mass is 32.1. The zero-order valence-corrected chi connectivity index (χ0v) is 16.7. The zero-order valence-electron chi connectivity index (χ0n) is 15.9. The number of carbonyl (C=O) groups excluding carboxylic acids is 1. The van der Waals surface area contributed by atoms with Crippen LogP contribution in [0, 0.1) is 6.92 Å². The fourth-order valence-electron chi connectivity index (χ4n) is 3.73. The van der Waals surface area contributed by atoms with E-state index in [2.05, 4.69) is 40.2 Å². The smallest absolute Gasteiger partial charge is 0.266 e. The Morgan fingerprint density at radius 2 is 1.74 bits per heavy atom. The molecule has 1 aliphatic heterocycles. The summed E-state index contributed by atoms with van der Waals surface area (Å²) >= 11 is 1.56. The first-order valence-corrected chi connectivity index (χ1v) is 10.3. The molecule has 4 rings (SSSR count). The first-order valence-electron chi connectivity index (χ1n) is 9.53. The number of anilines is 2. The number of amides is 1. The number of nitrogens with one attached hydrogen (secondary N) is 1. The maximum Gasteiger partial charge on any atom is 0.266 e. The number of fused-ring (bicyclic) bond motifs is 1. The molecular weight excluding hydrogens is 354 g/mol. The number of benzene rings is 2. The van der Waals surface area contributed by atoms with Crippen LogP contribution in [0.15, 0.2) is 48.5 Å². The van der Waals surface area contributed by atoms with E-state index in [9.17, 15) is 4.79 Å². The molecule has 1 aliphatic rings. The van der Waals surface area contributed by atoms with Crippen molar-refractivity contribution in [2.24, 2.45) is 0 Å². The van der Waals surface area contributed by atoms with E-state index in [1.807, 2.05) is 37.3 Å². The molecule has 1 saturated heterocycles. The summed E-state index contributed by atoms with van der Waals surface area (Å²) in [7, 11) is 0. The second-order valence-corrected chi connectivity index (χ2v) is 8.00. The number of rotatable bonds is 4. The highest BCUT2D eigenvalue weighted by molar-refractivity contribution is 7.21. The summed E-state index contributed by atoms with van der Waals surface area (Å²) < 4.78 is 1.16. The monoisotopic (exact) mass is 379 g/mol. The normalized spacial score (nSPS) is 15.3. The summed E-state index contributed by atoms with van der Waals surface area (Å²) in [5.41, 5.74) is 3.06. The van der Waals surface area contributed by atoms with Crippen LogP contribution in [0.2, 0.25) is 0 Å². The Balaban J connectivity index is 1.57. The number of likely N-dealkylation sites (N-methyl/N-ethyl adjacent to an activating group) is 1. The topological polar surface area (TPSA) is 35.6 Å². The molecule has 0 spiro atoms. The maximum absolute atomic E-state index is 13.0. The van der Waals surface area contributed by atoms with Crippen molar-refractivity contribution in [3.8, 4) is 0 Å². The van der Waals surface area contributed by atoms with E-state index < -0.39 is 0 Å². The molecule has 0 bridgehead atoms. The van der Waals surface area contributed by atoms with Gasteiger partial charge in [0, 0.05) is 30.9 Å². The summed E-state index contributed by atoms with van der Waals surface area (Å²) in [6.07, 6.45) is 0. The first kappa shape index (κ1) is 18.0. The number of para-hydroxylation sites is 2. The van der Waals surface area contributed by atoms with Crippen molar-refractivity contribution in [3.63, 3.8) is 0 Å². The van der Waals surface area contributed by atoms with Crippen molar-refractivity contribution in [2.75, 3.05) is 42.9 Å². The van der Waals surface area contributed by atoms with Crippen molar-refractivity contribution in [3.05, 3.63) is 59.0 Å². The molecule has 3 aromatic rings. The number of nitrogens with zero attached hydrogens (tertiary/aromatic N) is 2. The highest BCUT2D eigenvalue weighted by Gasteiger charge is 2.20. The van der Waals surface area contributed by atoms with Crippen molar-refractivity contribution in [1.82, 2.24) is 4.90 Å². The molecule has 4 nitrogen and oxygen atoms in total. The largest absolute Gasteiger partial charge is 0.367 e. The molecule has 1 aromatic heterocycles. The van der Waals surface area contributed by atoms with Crippen LogP contribution in [-0.4, -0.2) is 43.5 Å². The fourth-order valence-corrected chi connectivity index (χ4v) is 4.83. The first-order chi connectivity index (χ1) is 13.2. The summed E-state index contributed by atoms with van der Waals surface area (Å²) in [6, 6.07) is 16.3. The standard InChI is InChI=1S/C22H25N3OS/c1-3-24-12-14-25(15-13-24)19-10-6-5-9-18(19)23-22(26)21-16(2)17-8-4-7-11-20(17)27-21/h4-11H,3,12-15H2,1-2H3,(H,23,26). The van der Waals surface area contributed by atoms with Gasteiger partial charge >= 0.3 is 0 Å². The molecule has 1 N–H and O–H groups in total. The summed E-state index contributed by atoms with van der Waals surface area (Å²) in [5, 5.41) is 4.33. The average Bonchev–Trinajstić information content (AvgIpc) is 3.06. The van der Waals surface area contributed by atoms with Crippen LogP contribution in [0.4, 0.5) is 11.4 Å². The van der Waals surface area contributed by atoms with Crippen LogP contribution in [0.5, 0.6) is 0 Å². The number of aryl methyl sites for hydroxylation is 1. The van der Waals surface area contributed by atoms with Gasteiger partial charge in [-0.2, -0.15) is 0 Å². The Bertz CT molecular complexity index is 957. The molecule has 1 fully saturated rings. The van der Waals surface area contributed by atoms with Crippen molar-refractivity contribution < 1.29 is 4.79 Å². The minimum Gasteiger partial charge on any atom is -0.367 e. The second kappa shape index (κ2) is 7.71. The predicted octanol–water partition coefficient (Wildman–Crippen LogP) is 4.60. The van der Waals surface area contributed by atoms with Gasteiger partial charge in [-0.15, -0.1) is 11.3 Å². The van der Waals surface area contributed by atoms with Gasteiger partial charge in [-0.3, -0.25) is 4.79 Å². The highest BCUT2D eigenvalue weighted by Crippen LogP contribution is 2.32. The fraction of sp³-hybridized carbons (Fsp3) is 0.318. The maximum atomic E-state index is 13.0. The molecule has 140 valence electrons. The van der Waals surface area contributed by atoms with E-state index in [1.165, 1.54) is 0 Å². The Labute approximate surface area is 164 Å². The third-order valence-electron chi connectivity index (χ3n) is 5.36. The van der Waals surface area contributed by atoms with E-state index in [1.54, 1.807) is 11.3 Å². The molecule has 0 unspecified atom stereocenters. The molecule has 5 heteroatoms. The third-order valence-corrected chi connectivity index (χ3v) is 6.63. The molecule has 0 atom stereocenters. The minimum absolute atomic E-state index is 0.0201. The SMILES string of the molecule is CCN1CCN(c2ccccc2NC(=O)c2sc3ccccc3c2C)CC1. The van der Waals surface area contributed by atoms with Gasteiger partial charge in [0.1, 0.15) is 0 Å². The number of thiophene rings is 1. The number of piperazine rings is 1. The number of carbonyl (C=O) groups is 1. The Morgan fingerprint density at radius 1 is 1.04 bits per heavy atom. The van der Waals surface area contributed by atoms with Crippen LogP contribution in [0.1, 0.15) is 22.2 Å². The number of hydrogen-bond donors (Lipinski definition) is 1. The van der Waals surface area contributed by atoms with Crippen LogP contribution in [0.3, 0.4) is 0 Å². The summed E-state index contributed by atoms with van der Waals surface area (Å²) in [4.78, 5) is 18.6. The molecule has 0 aliphatic carbocycles. The quantitative estimate of drug-likeness (QED) is 0.719. The Kier molecular flexibility index (Phi) is 5.14. The average molecular weight is 380 g/mol. The van der Waals surface area contributed by atoms with Gasteiger partial charge in [0.25, 0.3) is 5.91 Å². The van der Waals surface area contributed by atoms with Crippen LogP contribution in [0.25, 0.3) is 10.1 Å². The summed E-state index contributed by atoms with van der Waals surface area (Å²) in [5.74, 6) is -0.0201. The molecule has 0 radical (unpaired) electrons. The molecule has 2 heterocycles. The Morgan fingerprint density at radius 3 is 2.48 bits per heavy atom. The predicted molar refractivity (Wildman–Crippen MR) is 115 cm³/mol. The van der Waals surface area contributed by atoms with Gasteiger partial charge in [-0.05, 0) is 42.6 Å². The molecule has 2 aromatic carbocycles. The van der Waals surface area contributed by atoms with E-state index in [-0.39, 0.29) is 5.91 Å². The lowest BCUT2D eigenvalue weighted by molar-refractivity contribution is 0.103. The van der Waals surface area contributed by atoms with E-state index in [4.69, 9.17) is 0 Å². The summed E-state index contributed by atoms with van der Waals surface area (Å²) in [6.45, 7) is 9.44. The van der Waals surface area contributed by atoms with Gasteiger partial charge in [-0.25, -0.2) is 0 Å². The lowest BCUT2D eigenvalue weighted by atomic mass is 10.1. The zero-order chi connectivity index (χ0) is 18.8. The number of hydrogen-bond acceptors (Lipinski definition) is 4. The van der Waals surface area contributed by atoms with E-state index >= 15 is 0 Å². The van der Waals surface area contributed by atoms with Crippen molar-refractivity contribution in [1.29, 1.82) is 0 Å². The van der Waals surface area contributed by atoms with Crippen LogP contribution < -0.4 is 10.2 Å². The van der Waals surface area contributed by atoms with Crippen LogP contribution >= 0.6 is 11.3 Å².